The summed E-state index contributed by atoms with van der Waals surface area (Å²) in [6.07, 6.45) is 5.50. The second-order valence-corrected chi connectivity index (χ2v) is 19.4. The Morgan fingerprint density at radius 3 is 2.06 bits per heavy atom. The number of carbonyl (C=O) groups excluding carboxylic acids is 6. The molecule has 6 aliphatic rings. The maximum Gasteiger partial charge on any atom is 0.262 e. The van der Waals surface area contributed by atoms with E-state index in [2.05, 4.69) is 49.6 Å². The first kappa shape index (κ1) is 47.3. The van der Waals surface area contributed by atoms with Crippen LogP contribution in [0.15, 0.2) is 108 Å². The minimum atomic E-state index is -1.06. The average molecular weight is 961 g/mol. The molecule has 3 saturated heterocycles. The van der Waals surface area contributed by atoms with E-state index in [1.807, 2.05) is 54.6 Å². The molecule has 1 aliphatic carbocycles. The monoisotopic (exact) mass is 960 g/mol. The highest BCUT2D eigenvalue weighted by molar-refractivity contribution is 6.25. The van der Waals surface area contributed by atoms with Gasteiger partial charge in [-0.15, -0.1) is 0 Å². The van der Waals surface area contributed by atoms with Crippen molar-refractivity contribution in [2.45, 2.75) is 69.6 Å². The summed E-state index contributed by atoms with van der Waals surface area (Å²) in [4.78, 5) is 91.9. The number of carbonyl (C=O) groups is 6. The van der Waals surface area contributed by atoms with Crippen molar-refractivity contribution in [2.75, 3.05) is 63.8 Å². The van der Waals surface area contributed by atoms with Crippen molar-refractivity contribution >= 4 is 52.7 Å². The van der Waals surface area contributed by atoms with Crippen LogP contribution in [-0.4, -0.2) is 138 Å². The fourth-order valence-corrected chi connectivity index (χ4v) is 11.1. The van der Waals surface area contributed by atoms with Crippen molar-refractivity contribution < 1.29 is 33.5 Å². The average Bonchev–Trinajstić information content (AvgIpc) is 3.64. The van der Waals surface area contributed by atoms with Crippen LogP contribution < -0.4 is 31.7 Å². The van der Waals surface area contributed by atoms with Gasteiger partial charge in [-0.25, -0.2) is 0 Å². The van der Waals surface area contributed by atoms with Crippen LogP contribution in [0, 0.1) is 5.92 Å². The van der Waals surface area contributed by atoms with Crippen molar-refractivity contribution in [3.05, 3.63) is 130 Å². The molecule has 1 saturated carbocycles. The molecular weight excluding hydrogens is 901 g/mol. The number of fused-ring (bicyclic) bond motifs is 1. The van der Waals surface area contributed by atoms with Gasteiger partial charge in [-0.2, -0.15) is 0 Å². The molecule has 5 heterocycles. The number of nitrogens with zero attached hydrogens (tertiary/aromatic N) is 6. The quantitative estimate of drug-likeness (QED) is 0.117. The van der Waals surface area contributed by atoms with Crippen LogP contribution in [-0.2, 0) is 20.9 Å². The predicted molar refractivity (Wildman–Crippen MR) is 267 cm³/mol. The molecule has 10 rings (SSSR count). The summed E-state index contributed by atoms with van der Waals surface area (Å²) in [5.74, 6) is -0.818. The fourth-order valence-electron chi connectivity index (χ4n) is 11.1. The van der Waals surface area contributed by atoms with Gasteiger partial charge in [0.15, 0.2) is 0 Å². The van der Waals surface area contributed by atoms with Crippen LogP contribution in [0.25, 0.3) is 5.70 Å². The molecule has 71 heavy (non-hydrogen) atoms. The number of imide groups is 2. The zero-order chi connectivity index (χ0) is 49.2. The fraction of sp³-hybridized carbons (Fsp3) is 0.389. The topological polar surface area (TPSA) is 216 Å². The van der Waals surface area contributed by atoms with Gasteiger partial charge in [0, 0.05) is 95.2 Å². The third kappa shape index (κ3) is 10.1. The number of piperazine rings is 2. The molecule has 1 unspecified atom stereocenters. The van der Waals surface area contributed by atoms with Gasteiger partial charge >= 0.3 is 0 Å². The molecule has 17 heteroatoms. The minimum Gasteiger partial charge on any atom is -0.457 e. The summed E-state index contributed by atoms with van der Waals surface area (Å²) in [6, 6.07) is 29.8. The summed E-state index contributed by atoms with van der Waals surface area (Å²) in [7, 11) is 0. The molecule has 0 bridgehead atoms. The van der Waals surface area contributed by atoms with Crippen LogP contribution in [0.2, 0.25) is 0 Å². The van der Waals surface area contributed by atoms with Crippen molar-refractivity contribution in [2.24, 2.45) is 22.4 Å². The van der Waals surface area contributed by atoms with Gasteiger partial charge in [-0.05, 0) is 122 Å². The van der Waals surface area contributed by atoms with E-state index in [-0.39, 0.29) is 41.5 Å². The Labute approximate surface area is 412 Å². The molecule has 0 spiro atoms. The highest BCUT2D eigenvalue weighted by Gasteiger charge is 2.45. The summed E-state index contributed by atoms with van der Waals surface area (Å²) < 4.78 is 5.93. The lowest BCUT2D eigenvalue weighted by Crippen LogP contribution is -2.54. The van der Waals surface area contributed by atoms with Gasteiger partial charge in [-0.3, -0.25) is 53.8 Å². The number of benzene rings is 4. The Kier molecular flexibility index (Phi) is 13.7. The number of para-hydroxylation sites is 1. The summed E-state index contributed by atoms with van der Waals surface area (Å²) in [5.41, 5.74) is 16.7. The molecule has 4 aromatic carbocycles. The third-order valence-electron chi connectivity index (χ3n) is 15.1. The number of hydrogen-bond acceptors (Lipinski definition) is 13. The molecule has 6 amide bonds. The summed E-state index contributed by atoms with van der Waals surface area (Å²) in [5, 5.41) is 5.80. The van der Waals surface area contributed by atoms with Crippen molar-refractivity contribution in [3.8, 4) is 11.5 Å². The second kappa shape index (κ2) is 20.5. The van der Waals surface area contributed by atoms with Crippen LogP contribution in [0.3, 0.4) is 0 Å². The number of amides is 6. The number of primary amides is 1. The molecule has 2 atom stereocenters. The SMILES string of the molecule is NC(=O)/C(C1=NCC[C@@H](C2CCC(N3CCN(Cc4ccc(N5CCN(C(=O)c6ccc7c(c6)C(=O)N(C6CCC(=O)NC6=O)C7=O)CC5)cc4)CC3)CC2)N1)=C(/N)c1ccc(Oc2ccccc2)cc1. The van der Waals surface area contributed by atoms with E-state index in [1.165, 1.54) is 17.7 Å². The molecule has 4 fully saturated rings. The molecular formula is C54H60N10O7. The second-order valence-electron chi connectivity index (χ2n) is 19.4. The van der Waals surface area contributed by atoms with Gasteiger partial charge in [0.2, 0.25) is 11.8 Å². The molecule has 368 valence electrons. The number of nitrogens with two attached hydrogens (primary N) is 2. The molecule has 4 aromatic rings. The van der Waals surface area contributed by atoms with E-state index < -0.39 is 35.6 Å². The molecule has 6 N–H and O–H groups in total. The Morgan fingerprint density at radius 1 is 0.690 bits per heavy atom. The Hall–Kier alpha value is -7.37. The highest BCUT2D eigenvalue weighted by Crippen LogP contribution is 2.34. The largest absolute Gasteiger partial charge is 0.457 e. The number of ether oxygens (including phenoxy) is 1. The number of aliphatic imine (C=N–C) groups is 1. The summed E-state index contributed by atoms with van der Waals surface area (Å²) >= 11 is 0. The first-order valence-corrected chi connectivity index (χ1v) is 24.9. The van der Waals surface area contributed by atoms with E-state index in [0.717, 1.165) is 81.2 Å². The number of hydrogen-bond donors (Lipinski definition) is 4. The van der Waals surface area contributed by atoms with Crippen molar-refractivity contribution in [3.63, 3.8) is 0 Å². The van der Waals surface area contributed by atoms with Gasteiger partial charge < -0.3 is 31.3 Å². The number of amidine groups is 1. The van der Waals surface area contributed by atoms with Crippen LogP contribution >= 0.6 is 0 Å². The maximum atomic E-state index is 13.6. The van der Waals surface area contributed by atoms with E-state index >= 15 is 0 Å². The lowest BCUT2D eigenvalue weighted by atomic mass is 9.79. The van der Waals surface area contributed by atoms with E-state index in [1.54, 1.807) is 11.0 Å². The Balaban J connectivity index is 0.655. The smallest absolute Gasteiger partial charge is 0.262 e. The van der Waals surface area contributed by atoms with E-state index in [9.17, 15) is 28.8 Å². The summed E-state index contributed by atoms with van der Waals surface area (Å²) in [6.45, 7) is 7.92. The van der Waals surface area contributed by atoms with Gasteiger partial charge in [0.1, 0.15) is 28.9 Å². The van der Waals surface area contributed by atoms with E-state index in [4.69, 9.17) is 21.2 Å². The number of nitrogens with one attached hydrogen (secondary N) is 2. The highest BCUT2D eigenvalue weighted by atomic mass is 16.5. The molecule has 17 nitrogen and oxygen atoms in total. The normalized spacial score (nSPS) is 23.6. The van der Waals surface area contributed by atoms with Crippen molar-refractivity contribution in [1.29, 1.82) is 0 Å². The van der Waals surface area contributed by atoms with Crippen molar-refractivity contribution in [1.82, 2.24) is 30.2 Å². The Bertz CT molecular complexity index is 2760. The third-order valence-corrected chi connectivity index (χ3v) is 15.1. The standard InChI is InChI=1S/C54H60N10O7/c55-48(36-10-17-41(18-11-36)71-40-4-2-1-3-5-40)47(49(56)66)50-57-23-22-44(58-50)35-8-15-39(16-9-35)61-26-24-60(25-27-61)33-34-6-13-38(14-7-34)62-28-30-63(31-29-62)52(68)37-12-19-42-43(32-37)54(70)64(53(42)69)45-20-21-46(65)59-51(45)67/h1-7,10-14,17-19,32,35,39,44-45H,8-9,15-16,20-31,33,55H2,(H2,56,66)(H,57,58)(H,59,65,67)/b48-47-/t35?,39?,44-,45?/m0/s1. The van der Waals surface area contributed by atoms with Gasteiger partial charge in [0.05, 0.1) is 16.8 Å². The first-order valence-electron chi connectivity index (χ1n) is 24.9. The molecule has 5 aliphatic heterocycles. The lowest BCUT2D eigenvalue weighted by Gasteiger charge is -2.43. The molecule has 0 aromatic heterocycles. The predicted octanol–water partition coefficient (Wildman–Crippen LogP) is 4.13. The number of piperidine rings is 1. The van der Waals surface area contributed by atoms with E-state index in [0.29, 0.717) is 73.1 Å². The maximum absolute atomic E-state index is 13.6. The Morgan fingerprint density at radius 2 is 1.37 bits per heavy atom. The minimum absolute atomic E-state index is 0.0382. The lowest BCUT2D eigenvalue weighted by molar-refractivity contribution is -0.136. The number of rotatable bonds is 12. The number of anilines is 1. The first-order chi connectivity index (χ1) is 34.5. The van der Waals surface area contributed by atoms with Gasteiger partial charge in [-0.1, -0.05) is 30.3 Å². The van der Waals surface area contributed by atoms with Gasteiger partial charge in [0.25, 0.3) is 23.6 Å². The molecule has 0 radical (unpaired) electrons. The van der Waals surface area contributed by atoms with Crippen LogP contribution in [0.5, 0.6) is 11.5 Å². The van der Waals surface area contributed by atoms with Crippen LogP contribution in [0.1, 0.15) is 87.1 Å². The zero-order valence-electron chi connectivity index (χ0n) is 39.8. The zero-order valence-corrected chi connectivity index (χ0v) is 39.8. The van der Waals surface area contributed by atoms with Crippen LogP contribution in [0.4, 0.5) is 5.69 Å².